The van der Waals surface area contributed by atoms with Crippen molar-refractivity contribution in [2.24, 2.45) is 0 Å². The molecule has 0 aliphatic carbocycles. The Morgan fingerprint density at radius 2 is 1.80 bits per heavy atom. The van der Waals surface area contributed by atoms with E-state index in [-0.39, 0.29) is 11.5 Å². The lowest BCUT2D eigenvalue weighted by Gasteiger charge is -2.10. The number of carbonyl (C=O) groups excluding carboxylic acids is 2. The van der Waals surface area contributed by atoms with Crippen LogP contribution in [0.15, 0.2) is 66.4 Å². The van der Waals surface area contributed by atoms with Gasteiger partial charge in [0.2, 0.25) is 5.78 Å². The Balaban J connectivity index is 1.61. The second-order valence-corrected chi connectivity index (χ2v) is 7.04. The molecule has 4 rings (SSSR count). The fourth-order valence-corrected chi connectivity index (χ4v) is 3.30. The van der Waals surface area contributed by atoms with E-state index in [1.54, 1.807) is 49.4 Å². The molecule has 30 heavy (non-hydrogen) atoms. The summed E-state index contributed by atoms with van der Waals surface area (Å²) in [4.78, 5) is 25.3. The molecular formula is C25H20O5. The van der Waals surface area contributed by atoms with Gasteiger partial charge in [-0.2, -0.15) is 0 Å². The fraction of sp³-hybridized carbons (Fsp3) is 0.120. The molecule has 0 atom stereocenters. The van der Waals surface area contributed by atoms with Gasteiger partial charge in [-0.15, -0.1) is 0 Å². The van der Waals surface area contributed by atoms with E-state index in [0.29, 0.717) is 33.9 Å². The minimum atomic E-state index is -0.517. The molecule has 1 aliphatic rings. The second-order valence-electron chi connectivity index (χ2n) is 7.04. The fourth-order valence-electron chi connectivity index (χ4n) is 3.30. The van der Waals surface area contributed by atoms with Crippen LogP contribution in [-0.2, 0) is 0 Å². The van der Waals surface area contributed by atoms with E-state index < -0.39 is 5.97 Å². The summed E-state index contributed by atoms with van der Waals surface area (Å²) in [6.45, 7) is 3.75. The number of rotatable bonds is 4. The van der Waals surface area contributed by atoms with Crippen LogP contribution in [0.25, 0.3) is 6.08 Å². The van der Waals surface area contributed by atoms with Crippen LogP contribution in [-0.4, -0.2) is 18.9 Å². The monoisotopic (exact) mass is 400 g/mol. The number of allylic oxidation sites excluding steroid dienone is 1. The molecule has 0 aromatic heterocycles. The first-order chi connectivity index (χ1) is 14.5. The Hall–Kier alpha value is -3.86. The van der Waals surface area contributed by atoms with Crippen LogP contribution in [0.2, 0.25) is 0 Å². The maximum atomic E-state index is 12.7. The first-order valence-corrected chi connectivity index (χ1v) is 9.47. The van der Waals surface area contributed by atoms with Crippen molar-refractivity contribution in [2.45, 2.75) is 13.8 Å². The molecule has 0 fully saturated rings. The minimum Gasteiger partial charge on any atom is -0.497 e. The van der Waals surface area contributed by atoms with Crippen LogP contribution in [0.3, 0.4) is 0 Å². The summed E-state index contributed by atoms with van der Waals surface area (Å²) in [5.41, 5.74) is 3.38. The Bertz CT molecular complexity index is 1190. The van der Waals surface area contributed by atoms with Crippen molar-refractivity contribution in [3.05, 3.63) is 94.2 Å². The van der Waals surface area contributed by atoms with E-state index in [1.165, 1.54) is 7.11 Å². The lowest BCUT2D eigenvalue weighted by Crippen LogP contribution is -2.09. The van der Waals surface area contributed by atoms with Gasteiger partial charge in [-0.3, -0.25) is 4.79 Å². The van der Waals surface area contributed by atoms with Crippen molar-refractivity contribution in [3.8, 4) is 17.2 Å². The summed E-state index contributed by atoms with van der Waals surface area (Å²) in [6, 6.07) is 17.8. The number of hydrogen-bond acceptors (Lipinski definition) is 5. The number of Topliss-reactive ketones (excluding diaryl/α,β-unsaturated/α-hetero) is 1. The smallest absolute Gasteiger partial charge is 0.343 e. The van der Waals surface area contributed by atoms with Gasteiger partial charge in [0.1, 0.15) is 17.2 Å². The Morgan fingerprint density at radius 3 is 2.57 bits per heavy atom. The molecule has 150 valence electrons. The number of esters is 1. The van der Waals surface area contributed by atoms with Gasteiger partial charge in [0.15, 0.2) is 5.76 Å². The van der Waals surface area contributed by atoms with Gasteiger partial charge in [-0.25, -0.2) is 4.79 Å². The molecular weight excluding hydrogens is 380 g/mol. The van der Waals surface area contributed by atoms with Crippen LogP contribution in [0, 0.1) is 13.8 Å². The highest BCUT2D eigenvalue weighted by atomic mass is 16.5. The zero-order chi connectivity index (χ0) is 21.3. The Labute approximate surface area is 174 Å². The molecule has 3 aromatic carbocycles. The second kappa shape index (κ2) is 7.87. The molecule has 0 saturated carbocycles. The summed E-state index contributed by atoms with van der Waals surface area (Å²) >= 11 is 0. The van der Waals surface area contributed by atoms with E-state index >= 15 is 0 Å². The Morgan fingerprint density at radius 1 is 1.00 bits per heavy atom. The summed E-state index contributed by atoms with van der Waals surface area (Å²) < 4.78 is 16.6. The zero-order valence-electron chi connectivity index (χ0n) is 16.9. The van der Waals surface area contributed by atoms with Crippen molar-refractivity contribution in [1.82, 2.24) is 0 Å². The molecule has 1 heterocycles. The van der Waals surface area contributed by atoms with Crippen molar-refractivity contribution in [3.63, 3.8) is 0 Å². The van der Waals surface area contributed by atoms with Gasteiger partial charge < -0.3 is 14.2 Å². The molecule has 0 amide bonds. The maximum absolute atomic E-state index is 12.7. The zero-order valence-corrected chi connectivity index (χ0v) is 16.9. The molecule has 0 bridgehead atoms. The normalized spacial score (nSPS) is 13.7. The summed E-state index contributed by atoms with van der Waals surface area (Å²) in [5.74, 6) is 0.850. The molecule has 3 aromatic rings. The largest absolute Gasteiger partial charge is 0.497 e. The van der Waals surface area contributed by atoms with Crippen LogP contribution in [0.4, 0.5) is 0 Å². The van der Waals surface area contributed by atoms with E-state index in [9.17, 15) is 9.59 Å². The van der Waals surface area contributed by atoms with Gasteiger partial charge in [-0.1, -0.05) is 35.9 Å². The molecule has 0 unspecified atom stereocenters. The molecule has 0 radical (unpaired) electrons. The molecule has 5 nitrogen and oxygen atoms in total. The highest BCUT2D eigenvalue weighted by molar-refractivity contribution is 6.15. The SMILES string of the molecule is COc1cccc(C(=O)Oc2ccc3c(c2C)O/C(=C\c2cccc(C)c2)C3=O)c1. The molecule has 1 aliphatic heterocycles. The van der Waals surface area contributed by atoms with E-state index in [2.05, 4.69) is 0 Å². The minimum absolute atomic E-state index is 0.194. The van der Waals surface area contributed by atoms with Crippen molar-refractivity contribution < 1.29 is 23.8 Å². The molecule has 0 spiro atoms. The highest BCUT2D eigenvalue weighted by Crippen LogP contribution is 2.39. The predicted octanol–water partition coefficient (Wildman–Crippen LogP) is 5.15. The lowest BCUT2D eigenvalue weighted by atomic mass is 10.1. The van der Waals surface area contributed by atoms with E-state index in [4.69, 9.17) is 14.2 Å². The number of ether oxygens (including phenoxy) is 3. The Kier molecular flexibility index (Phi) is 5.11. The number of hydrogen-bond donors (Lipinski definition) is 0. The number of carbonyl (C=O) groups is 2. The first-order valence-electron chi connectivity index (χ1n) is 9.47. The highest BCUT2D eigenvalue weighted by Gasteiger charge is 2.30. The van der Waals surface area contributed by atoms with E-state index in [1.807, 2.05) is 31.2 Å². The number of ketones is 1. The van der Waals surface area contributed by atoms with E-state index in [0.717, 1.165) is 11.1 Å². The number of aryl methyl sites for hydroxylation is 1. The number of methoxy groups -OCH3 is 1. The van der Waals surface area contributed by atoms with Gasteiger partial charge in [0, 0.05) is 5.56 Å². The van der Waals surface area contributed by atoms with Crippen LogP contribution in [0.1, 0.15) is 37.4 Å². The summed E-state index contributed by atoms with van der Waals surface area (Å²) in [5, 5.41) is 0. The molecule has 5 heteroatoms. The first kappa shape index (κ1) is 19.5. The number of benzene rings is 3. The third kappa shape index (κ3) is 3.70. The van der Waals surface area contributed by atoms with Gasteiger partial charge in [0.25, 0.3) is 0 Å². The predicted molar refractivity (Wildman–Crippen MR) is 113 cm³/mol. The van der Waals surface area contributed by atoms with Gasteiger partial charge in [0.05, 0.1) is 18.2 Å². The van der Waals surface area contributed by atoms with Crippen LogP contribution >= 0.6 is 0 Å². The third-order valence-corrected chi connectivity index (χ3v) is 4.88. The van der Waals surface area contributed by atoms with Crippen molar-refractivity contribution in [1.29, 1.82) is 0 Å². The third-order valence-electron chi connectivity index (χ3n) is 4.88. The molecule has 0 N–H and O–H groups in total. The number of fused-ring (bicyclic) bond motifs is 1. The summed E-state index contributed by atoms with van der Waals surface area (Å²) in [7, 11) is 1.53. The maximum Gasteiger partial charge on any atom is 0.343 e. The van der Waals surface area contributed by atoms with Crippen LogP contribution < -0.4 is 14.2 Å². The van der Waals surface area contributed by atoms with Crippen LogP contribution in [0.5, 0.6) is 17.2 Å². The average molecular weight is 400 g/mol. The quantitative estimate of drug-likeness (QED) is 0.344. The van der Waals surface area contributed by atoms with Gasteiger partial charge >= 0.3 is 5.97 Å². The lowest BCUT2D eigenvalue weighted by molar-refractivity contribution is 0.0732. The van der Waals surface area contributed by atoms with Crippen molar-refractivity contribution in [2.75, 3.05) is 7.11 Å². The molecule has 0 saturated heterocycles. The topological polar surface area (TPSA) is 61.8 Å². The van der Waals surface area contributed by atoms with Crippen molar-refractivity contribution >= 4 is 17.8 Å². The standard InChI is InChI=1S/C25H20O5/c1-15-6-4-7-17(12-15)13-22-23(26)20-10-11-21(16(2)24(20)29-22)30-25(27)18-8-5-9-19(14-18)28-3/h4-14H,1-3H3/b22-13-. The summed E-state index contributed by atoms with van der Waals surface area (Å²) in [6.07, 6.45) is 1.72. The van der Waals surface area contributed by atoms with Gasteiger partial charge in [-0.05, 0) is 55.8 Å². The average Bonchev–Trinajstić information content (AvgIpc) is 3.06.